The molecular formula is C23H19N. The number of rotatable bonds is 0. The third kappa shape index (κ3) is 1.64. The van der Waals surface area contributed by atoms with Crippen LogP contribution in [0.1, 0.15) is 25.0 Å². The van der Waals surface area contributed by atoms with Gasteiger partial charge in [0, 0.05) is 27.4 Å². The topological polar surface area (TPSA) is 15.8 Å². The minimum Gasteiger partial charge on any atom is -0.354 e. The Morgan fingerprint density at radius 2 is 1.25 bits per heavy atom. The van der Waals surface area contributed by atoms with Gasteiger partial charge in [0.1, 0.15) is 0 Å². The third-order valence-corrected chi connectivity index (χ3v) is 5.45. The molecule has 0 amide bonds. The van der Waals surface area contributed by atoms with Gasteiger partial charge in [-0.2, -0.15) is 0 Å². The van der Waals surface area contributed by atoms with Crippen molar-refractivity contribution in [2.75, 3.05) is 0 Å². The second-order valence-electron chi connectivity index (χ2n) is 7.14. The fourth-order valence-electron chi connectivity index (χ4n) is 4.26. The van der Waals surface area contributed by atoms with Gasteiger partial charge in [-0.05, 0) is 22.8 Å². The van der Waals surface area contributed by atoms with Crippen LogP contribution < -0.4 is 0 Å². The monoisotopic (exact) mass is 309 g/mol. The molecule has 1 aliphatic rings. The van der Waals surface area contributed by atoms with Crippen molar-refractivity contribution in [2.24, 2.45) is 0 Å². The Morgan fingerprint density at radius 1 is 0.667 bits per heavy atom. The predicted molar refractivity (Wildman–Crippen MR) is 101 cm³/mol. The largest absolute Gasteiger partial charge is 0.354 e. The Bertz CT molecular complexity index is 1080. The van der Waals surface area contributed by atoms with Gasteiger partial charge in [0.25, 0.3) is 0 Å². The summed E-state index contributed by atoms with van der Waals surface area (Å²) in [4.78, 5) is 3.69. The van der Waals surface area contributed by atoms with Crippen molar-refractivity contribution in [3.8, 4) is 22.4 Å². The lowest BCUT2D eigenvalue weighted by molar-refractivity contribution is 0.646. The number of aromatic amines is 1. The first-order valence-electron chi connectivity index (χ1n) is 8.48. The van der Waals surface area contributed by atoms with Gasteiger partial charge in [0.15, 0.2) is 0 Å². The lowest BCUT2D eigenvalue weighted by Crippen LogP contribution is -2.19. The number of para-hydroxylation sites is 1. The fraction of sp³-hybridized carbons (Fsp3) is 0.130. The molecule has 116 valence electrons. The molecular weight excluding hydrogens is 290 g/mol. The molecule has 3 aromatic carbocycles. The van der Waals surface area contributed by atoms with Crippen molar-refractivity contribution >= 4 is 10.9 Å². The molecule has 1 N–H and O–H groups in total. The minimum atomic E-state index is -0.0336. The molecule has 0 fully saturated rings. The maximum absolute atomic E-state index is 3.69. The Kier molecular flexibility index (Phi) is 2.62. The molecule has 0 unspecified atom stereocenters. The number of aromatic nitrogens is 1. The minimum absolute atomic E-state index is 0.0336. The van der Waals surface area contributed by atoms with Crippen LogP contribution in [0.5, 0.6) is 0 Å². The van der Waals surface area contributed by atoms with Crippen LogP contribution >= 0.6 is 0 Å². The standard InChI is InChI=1S/C23H19N/c1-23(2)18-12-6-3-9-15(18)21-17-11-5-8-14-20(17)24-22(21)16-10-4-7-13-19(16)23/h3-14,24H,1-2H3. The van der Waals surface area contributed by atoms with E-state index in [2.05, 4.69) is 91.6 Å². The average Bonchev–Trinajstić information content (AvgIpc) is 2.97. The van der Waals surface area contributed by atoms with Crippen molar-refractivity contribution in [3.63, 3.8) is 0 Å². The summed E-state index contributed by atoms with van der Waals surface area (Å²) in [6.07, 6.45) is 0. The second-order valence-corrected chi connectivity index (χ2v) is 7.14. The molecule has 4 aromatic rings. The normalized spacial score (nSPS) is 14.6. The summed E-state index contributed by atoms with van der Waals surface area (Å²) in [5, 5.41) is 1.30. The van der Waals surface area contributed by atoms with Crippen molar-refractivity contribution in [1.29, 1.82) is 0 Å². The zero-order valence-electron chi connectivity index (χ0n) is 13.9. The number of fused-ring (bicyclic) bond motifs is 7. The first-order chi connectivity index (χ1) is 11.7. The predicted octanol–water partition coefficient (Wildman–Crippen LogP) is 6.14. The van der Waals surface area contributed by atoms with Crippen molar-refractivity contribution in [3.05, 3.63) is 83.9 Å². The van der Waals surface area contributed by atoms with Gasteiger partial charge in [-0.3, -0.25) is 0 Å². The molecule has 0 spiro atoms. The number of nitrogens with one attached hydrogen (secondary N) is 1. The van der Waals surface area contributed by atoms with E-state index in [9.17, 15) is 0 Å². The van der Waals surface area contributed by atoms with Crippen molar-refractivity contribution < 1.29 is 0 Å². The molecule has 0 atom stereocenters. The smallest absolute Gasteiger partial charge is 0.0547 e. The van der Waals surface area contributed by atoms with E-state index in [4.69, 9.17) is 0 Å². The molecule has 0 aliphatic heterocycles. The molecule has 0 saturated heterocycles. The van der Waals surface area contributed by atoms with Crippen LogP contribution in [0.2, 0.25) is 0 Å². The summed E-state index contributed by atoms with van der Waals surface area (Å²) in [6.45, 7) is 4.66. The highest BCUT2D eigenvalue weighted by molar-refractivity contribution is 6.06. The summed E-state index contributed by atoms with van der Waals surface area (Å²) in [5.41, 5.74) is 9.16. The van der Waals surface area contributed by atoms with Crippen LogP contribution in [0.25, 0.3) is 33.3 Å². The van der Waals surface area contributed by atoms with Crippen LogP contribution in [0.4, 0.5) is 0 Å². The first kappa shape index (κ1) is 13.6. The second kappa shape index (κ2) is 4.61. The average molecular weight is 309 g/mol. The van der Waals surface area contributed by atoms with Crippen LogP contribution in [-0.2, 0) is 5.41 Å². The van der Waals surface area contributed by atoms with E-state index in [1.165, 1.54) is 44.4 Å². The van der Waals surface area contributed by atoms with Gasteiger partial charge in [0.05, 0.1) is 5.69 Å². The van der Waals surface area contributed by atoms with E-state index >= 15 is 0 Å². The van der Waals surface area contributed by atoms with Crippen molar-refractivity contribution in [2.45, 2.75) is 19.3 Å². The SMILES string of the molecule is CC1(C)c2ccccc2-c2[nH]c3ccccc3c2-c2ccccc21. The van der Waals surface area contributed by atoms with Crippen LogP contribution in [0.15, 0.2) is 72.8 Å². The number of hydrogen-bond acceptors (Lipinski definition) is 0. The van der Waals surface area contributed by atoms with E-state index < -0.39 is 0 Å². The lowest BCUT2D eigenvalue weighted by atomic mass is 9.75. The van der Waals surface area contributed by atoms with Crippen LogP contribution in [0, 0.1) is 0 Å². The van der Waals surface area contributed by atoms with Gasteiger partial charge >= 0.3 is 0 Å². The summed E-state index contributed by atoms with van der Waals surface area (Å²) < 4.78 is 0. The zero-order chi connectivity index (χ0) is 16.3. The Balaban J connectivity index is 2.04. The van der Waals surface area contributed by atoms with Gasteiger partial charge in [-0.15, -0.1) is 0 Å². The number of H-pyrrole nitrogens is 1. The van der Waals surface area contributed by atoms with E-state index in [1.54, 1.807) is 0 Å². The molecule has 0 saturated carbocycles. The Labute approximate surface area is 142 Å². The van der Waals surface area contributed by atoms with Crippen LogP contribution in [0.3, 0.4) is 0 Å². The van der Waals surface area contributed by atoms with E-state index in [0.717, 1.165) is 0 Å². The van der Waals surface area contributed by atoms with E-state index in [-0.39, 0.29) is 5.41 Å². The molecule has 1 nitrogen and oxygen atoms in total. The van der Waals surface area contributed by atoms with Crippen LogP contribution in [-0.4, -0.2) is 4.98 Å². The summed E-state index contributed by atoms with van der Waals surface area (Å²) >= 11 is 0. The molecule has 5 rings (SSSR count). The first-order valence-corrected chi connectivity index (χ1v) is 8.48. The Hall–Kier alpha value is -2.80. The van der Waals surface area contributed by atoms with E-state index in [0.29, 0.717) is 0 Å². The molecule has 1 aromatic heterocycles. The Morgan fingerprint density at radius 3 is 2.04 bits per heavy atom. The molecule has 24 heavy (non-hydrogen) atoms. The quantitative estimate of drug-likeness (QED) is 0.401. The third-order valence-electron chi connectivity index (χ3n) is 5.45. The summed E-state index contributed by atoms with van der Waals surface area (Å²) in [7, 11) is 0. The number of benzene rings is 3. The van der Waals surface area contributed by atoms with Gasteiger partial charge in [-0.25, -0.2) is 0 Å². The highest BCUT2D eigenvalue weighted by Gasteiger charge is 2.34. The summed E-state index contributed by atoms with van der Waals surface area (Å²) in [6, 6.07) is 26.3. The van der Waals surface area contributed by atoms with Gasteiger partial charge in [0.2, 0.25) is 0 Å². The van der Waals surface area contributed by atoms with E-state index in [1.807, 2.05) is 0 Å². The fourth-order valence-corrected chi connectivity index (χ4v) is 4.26. The molecule has 1 heterocycles. The van der Waals surface area contributed by atoms with Gasteiger partial charge in [-0.1, -0.05) is 80.6 Å². The maximum Gasteiger partial charge on any atom is 0.0547 e. The summed E-state index contributed by atoms with van der Waals surface area (Å²) in [5.74, 6) is 0. The molecule has 0 radical (unpaired) electrons. The zero-order valence-corrected chi connectivity index (χ0v) is 13.9. The molecule has 0 bridgehead atoms. The highest BCUT2D eigenvalue weighted by Crippen LogP contribution is 2.50. The molecule has 1 heteroatoms. The number of hydrogen-bond donors (Lipinski definition) is 1. The lowest BCUT2D eigenvalue weighted by Gasteiger charge is -2.28. The highest BCUT2D eigenvalue weighted by atomic mass is 14.7. The van der Waals surface area contributed by atoms with Crippen molar-refractivity contribution in [1.82, 2.24) is 4.98 Å². The molecule has 1 aliphatic carbocycles. The maximum atomic E-state index is 3.69. The van der Waals surface area contributed by atoms with Gasteiger partial charge < -0.3 is 4.98 Å².